The van der Waals surface area contributed by atoms with E-state index in [-0.39, 0.29) is 12.0 Å². The molecule has 0 fully saturated rings. The lowest BCUT2D eigenvalue weighted by Crippen LogP contribution is -2.39. The maximum atomic E-state index is 11.7. The topological polar surface area (TPSA) is 38.3 Å². The Morgan fingerprint density at radius 3 is 2.93 bits per heavy atom. The van der Waals surface area contributed by atoms with Crippen LogP contribution in [0.15, 0.2) is 11.6 Å². The Morgan fingerprint density at radius 2 is 2.40 bits per heavy atom. The Hall–Kier alpha value is -0.830. The number of ether oxygens (including phenoxy) is 1. The van der Waals surface area contributed by atoms with Crippen LogP contribution in [0.1, 0.15) is 39.5 Å². The lowest BCUT2D eigenvalue weighted by atomic mass is 10.1. The van der Waals surface area contributed by atoms with Crippen LogP contribution >= 0.6 is 0 Å². The molecular weight excluding hydrogens is 190 g/mol. The number of carbonyl (C=O) groups excluding carboxylic acids is 1. The van der Waals surface area contributed by atoms with E-state index in [1.165, 1.54) is 12.0 Å². The van der Waals surface area contributed by atoms with E-state index < -0.39 is 0 Å². The van der Waals surface area contributed by atoms with E-state index in [0.717, 1.165) is 25.8 Å². The standard InChI is InChI=1S/C12H21NO2/c1-3-9-13-11(12(14)15-4-2)10-7-5-6-8-10/h7,11,13H,3-6,8-9H2,1-2H3. The third-order valence-corrected chi connectivity index (χ3v) is 2.57. The summed E-state index contributed by atoms with van der Waals surface area (Å²) in [4.78, 5) is 11.7. The van der Waals surface area contributed by atoms with Gasteiger partial charge in [0.1, 0.15) is 6.04 Å². The quantitative estimate of drug-likeness (QED) is 0.539. The van der Waals surface area contributed by atoms with Gasteiger partial charge in [0.15, 0.2) is 0 Å². The lowest BCUT2D eigenvalue weighted by molar-refractivity contribution is -0.144. The van der Waals surface area contributed by atoms with Gasteiger partial charge in [-0.05, 0) is 44.7 Å². The molecule has 0 aromatic rings. The molecule has 1 rings (SSSR count). The van der Waals surface area contributed by atoms with Crippen LogP contribution in [0.4, 0.5) is 0 Å². The summed E-state index contributed by atoms with van der Waals surface area (Å²) in [7, 11) is 0. The number of nitrogens with one attached hydrogen (secondary N) is 1. The second-order valence-corrected chi connectivity index (χ2v) is 3.81. The summed E-state index contributed by atoms with van der Waals surface area (Å²) in [6.07, 6.45) is 6.49. The van der Waals surface area contributed by atoms with Crippen LogP contribution < -0.4 is 5.32 Å². The normalized spacial score (nSPS) is 17.3. The average Bonchev–Trinajstić information content (AvgIpc) is 2.72. The Kier molecular flexibility index (Phi) is 5.40. The van der Waals surface area contributed by atoms with E-state index >= 15 is 0 Å². The third kappa shape index (κ3) is 3.67. The fourth-order valence-corrected chi connectivity index (χ4v) is 1.84. The fraction of sp³-hybridized carbons (Fsp3) is 0.750. The summed E-state index contributed by atoms with van der Waals surface area (Å²) in [6, 6.07) is -0.201. The number of esters is 1. The second kappa shape index (κ2) is 6.62. The van der Waals surface area contributed by atoms with Gasteiger partial charge in [0.25, 0.3) is 0 Å². The smallest absolute Gasteiger partial charge is 0.327 e. The number of hydrogen-bond donors (Lipinski definition) is 1. The molecule has 1 aliphatic carbocycles. The van der Waals surface area contributed by atoms with E-state index in [0.29, 0.717) is 6.61 Å². The Bertz CT molecular complexity index is 236. The van der Waals surface area contributed by atoms with Crippen molar-refractivity contribution in [1.29, 1.82) is 0 Å². The molecule has 0 amide bonds. The highest BCUT2D eigenvalue weighted by Crippen LogP contribution is 2.21. The molecule has 0 aromatic carbocycles. The summed E-state index contributed by atoms with van der Waals surface area (Å²) in [5.74, 6) is -0.126. The monoisotopic (exact) mass is 211 g/mol. The van der Waals surface area contributed by atoms with Crippen molar-refractivity contribution in [2.75, 3.05) is 13.2 Å². The van der Waals surface area contributed by atoms with Gasteiger partial charge in [0, 0.05) is 0 Å². The molecule has 0 saturated heterocycles. The summed E-state index contributed by atoms with van der Waals surface area (Å²) < 4.78 is 5.07. The summed E-state index contributed by atoms with van der Waals surface area (Å²) >= 11 is 0. The predicted molar refractivity (Wildman–Crippen MR) is 60.6 cm³/mol. The van der Waals surface area contributed by atoms with Crippen molar-refractivity contribution in [1.82, 2.24) is 5.32 Å². The molecule has 1 atom stereocenters. The van der Waals surface area contributed by atoms with Crippen LogP contribution in [0.2, 0.25) is 0 Å². The molecule has 86 valence electrons. The number of rotatable bonds is 6. The van der Waals surface area contributed by atoms with Gasteiger partial charge >= 0.3 is 5.97 Å². The summed E-state index contributed by atoms with van der Waals surface area (Å²) in [5.41, 5.74) is 1.21. The van der Waals surface area contributed by atoms with Gasteiger partial charge in [-0.15, -0.1) is 0 Å². The van der Waals surface area contributed by atoms with Crippen LogP contribution in [-0.2, 0) is 9.53 Å². The molecule has 3 nitrogen and oxygen atoms in total. The zero-order valence-electron chi connectivity index (χ0n) is 9.71. The largest absolute Gasteiger partial charge is 0.465 e. The summed E-state index contributed by atoms with van der Waals surface area (Å²) in [5, 5.41) is 3.25. The van der Waals surface area contributed by atoms with E-state index in [2.05, 4.69) is 18.3 Å². The van der Waals surface area contributed by atoms with Crippen LogP contribution in [0, 0.1) is 0 Å². The van der Waals surface area contributed by atoms with Crippen LogP contribution in [0.5, 0.6) is 0 Å². The fourth-order valence-electron chi connectivity index (χ4n) is 1.84. The van der Waals surface area contributed by atoms with E-state index in [4.69, 9.17) is 4.74 Å². The van der Waals surface area contributed by atoms with Crippen molar-refractivity contribution in [2.24, 2.45) is 0 Å². The highest BCUT2D eigenvalue weighted by molar-refractivity contribution is 5.79. The first-order valence-corrected chi connectivity index (χ1v) is 5.88. The number of allylic oxidation sites excluding steroid dienone is 1. The molecule has 1 aliphatic rings. The van der Waals surface area contributed by atoms with Gasteiger partial charge in [0.05, 0.1) is 6.61 Å². The van der Waals surface area contributed by atoms with Crippen molar-refractivity contribution in [2.45, 2.75) is 45.6 Å². The minimum absolute atomic E-state index is 0.126. The highest BCUT2D eigenvalue weighted by atomic mass is 16.5. The van der Waals surface area contributed by atoms with Gasteiger partial charge in [-0.25, -0.2) is 4.79 Å². The summed E-state index contributed by atoms with van der Waals surface area (Å²) in [6.45, 7) is 5.26. The molecule has 0 heterocycles. The van der Waals surface area contributed by atoms with Crippen molar-refractivity contribution in [3.63, 3.8) is 0 Å². The highest BCUT2D eigenvalue weighted by Gasteiger charge is 2.24. The van der Waals surface area contributed by atoms with E-state index in [1.807, 2.05) is 6.92 Å². The molecule has 0 aliphatic heterocycles. The van der Waals surface area contributed by atoms with Crippen LogP contribution in [0.25, 0.3) is 0 Å². The van der Waals surface area contributed by atoms with Gasteiger partial charge in [0.2, 0.25) is 0 Å². The molecule has 1 unspecified atom stereocenters. The minimum Gasteiger partial charge on any atom is -0.465 e. The number of carbonyl (C=O) groups is 1. The minimum atomic E-state index is -0.201. The SMILES string of the molecule is CCCNC(C(=O)OCC)C1=CCCC1. The Balaban J connectivity index is 2.55. The molecule has 3 heteroatoms. The van der Waals surface area contributed by atoms with Crippen molar-refractivity contribution < 1.29 is 9.53 Å². The van der Waals surface area contributed by atoms with Crippen LogP contribution in [0.3, 0.4) is 0 Å². The molecule has 0 spiro atoms. The van der Waals surface area contributed by atoms with Gasteiger partial charge < -0.3 is 10.1 Å². The van der Waals surface area contributed by atoms with Gasteiger partial charge in [-0.2, -0.15) is 0 Å². The molecule has 0 saturated carbocycles. The Morgan fingerprint density at radius 1 is 1.60 bits per heavy atom. The first kappa shape index (κ1) is 12.2. The van der Waals surface area contributed by atoms with Crippen LogP contribution in [-0.4, -0.2) is 25.2 Å². The van der Waals surface area contributed by atoms with Crippen molar-refractivity contribution >= 4 is 5.97 Å². The van der Waals surface area contributed by atoms with Gasteiger partial charge in [-0.1, -0.05) is 13.0 Å². The first-order chi connectivity index (χ1) is 7.29. The Labute approximate surface area is 91.9 Å². The number of hydrogen-bond acceptors (Lipinski definition) is 3. The zero-order valence-corrected chi connectivity index (χ0v) is 9.71. The maximum Gasteiger partial charge on any atom is 0.327 e. The molecule has 0 radical (unpaired) electrons. The van der Waals surface area contributed by atoms with Gasteiger partial charge in [-0.3, -0.25) is 0 Å². The van der Waals surface area contributed by atoms with E-state index in [1.54, 1.807) is 0 Å². The molecule has 0 bridgehead atoms. The first-order valence-electron chi connectivity index (χ1n) is 5.88. The lowest BCUT2D eigenvalue weighted by Gasteiger charge is -2.18. The second-order valence-electron chi connectivity index (χ2n) is 3.81. The molecular formula is C12H21NO2. The maximum absolute atomic E-state index is 11.7. The predicted octanol–water partition coefficient (Wildman–Crippen LogP) is 2.03. The average molecular weight is 211 g/mol. The zero-order chi connectivity index (χ0) is 11.1. The molecule has 1 N–H and O–H groups in total. The third-order valence-electron chi connectivity index (χ3n) is 2.57. The van der Waals surface area contributed by atoms with Crippen molar-refractivity contribution in [3.8, 4) is 0 Å². The van der Waals surface area contributed by atoms with E-state index in [9.17, 15) is 4.79 Å². The van der Waals surface area contributed by atoms with Crippen molar-refractivity contribution in [3.05, 3.63) is 11.6 Å². The molecule has 15 heavy (non-hydrogen) atoms. The molecule has 0 aromatic heterocycles.